The van der Waals surface area contributed by atoms with Gasteiger partial charge in [0.15, 0.2) is 5.76 Å². The van der Waals surface area contributed by atoms with Crippen molar-refractivity contribution in [2.24, 2.45) is 11.7 Å². The second kappa shape index (κ2) is 5.88. The lowest BCUT2D eigenvalue weighted by Gasteiger charge is -2.27. The van der Waals surface area contributed by atoms with Crippen LogP contribution in [-0.4, -0.2) is 32.1 Å². The summed E-state index contributed by atoms with van der Waals surface area (Å²) in [6.45, 7) is 2.36. The normalized spacial score (nSPS) is 23.0. The Kier molecular flexibility index (Phi) is 4.21. The van der Waals surface area contributed by atoms with Gasteiger partial charge in [-0.1, -0.05) is 0 Å². The van der Waals surface area contributed by atoms with E-state index in [-0.39, 0.29) is 17.6 Å². The maximum absolute atomic E-state index is 11.3. The highest BCUT2D eigenvalue weighted by Gasteiger charge is 2.27. The minimum atomic E-state index is -0.477. The zero-order valence-electron chi connectivity index (χ0n) is 11.0. The maximum Gasteiger partial charge on any atom is 0.373 e. The van der Waals surface area contributed by atoms with E-state index in [2.05, 4.69) is 4.74 Å². The summed E-state index contributed by atoms with van der Waals surface area (Å²) in [6.07, 6.45) is 1.85. The standard InChI is InChI=1S/C13H18N2O4/c1-18-13(17)11-5-4-10(19-11)8-15-6-2-3-9(7-15)12(14)16/h4-5,9H,2-3,6-8H2,1H3,(H2,14,16)/p+1/t9-/m1/s1. The molecule has 0 bridgehead atoms. The van der Waals surface area contributed by atoms with Gasteiger partial charge in [0.1, 0.15) is 6.54 Å². The Hall–Kier alpha value is -1.82. The molecule has 104 valence electrons. The van der Waals surface area contributed by atoms with Gasteiger partial charge in [-0.3, -0.25) is 4.79 Å². The van der Waals surface area contributed by atoms with Crippen LogP contribution in [0.2, 0.25) is 0 Å². The number of carbonyl (C=O) groups excluding carboxylic acids is 2. The highest BCUT2D eigenvalue weighted by molar-refractivity contribution is 5.86. The zero-order chi connectivity index (χ0) is 13.8. The molecule has 2 atom stereocenters. The average Bonchev–Trinajstić information content (AvgIpc) is 2.86. The van der Waals surface area contributed by atoms with E-state index in [1.54, 1.807) is 12.1 Å². The van der Waals surface area contributed by atoms with E-state index in [0.717, 1.165) is 31.7 Å². The second-order valence-corrected chi connectivity index (χ2v) is 4.88. The van der Waals surface area contributed by atoms with E-state index >= 15 is 0 Å². The first kappa shape index (κ1) is 13.6. The fraction of sp³-hybridized carbons (Fsp3) is 0.538. The maximum atomic E-state index is 11.3. The van der Waals surface area contributed by atoms with Crippen LogP contribution >= 0.6 is 0 Å². The molecule has 6 heteroatoms. The van der Waals surface area contributed by atoms with Crippen LogP contribution in [0.5, 0.6) is 0 Å². The van der Waals surface area contributed by atoms with Crippen LogP contribution in [0, 0.1) is 5.92 Å². The molecule has 19 heavy (non-hydrogen) atoms. The number of carbonyl (C=O) groups is 2. The SMILES string of the molecule is COC(=O)c1ccc(C[NH+]2CCC[C@@H](C(N)=O)C2)o1. The first-order valence-electron chi connectivity index (χ1n) is 6.40. The molecule has 0 aliphatic carbocycles. The molecule has 1 unspecified atom stereocenters. The number of esters is 1. The quantitative estimate of drug-likeness (QED) is 0.709. The van der Waals surface area contributed by atoms with Crippen LogP contribution in [0.1, 0.15) is 29.2 Å². The molecule has 1 aliphatic rings. The van der Waals surface area contributed by atoms with Crippen LogP contribution in [0.15, 0.2) is 16.5 Å². The molecule has 0 spiro atoms. The number of furan rings is 1. The molecule has 1 saturated heterocycles. The summed E-state index contributed by atoms with van der Waals surface area (Å²) in [6, 6.07) is 3.38. The summed E-state index contributed by atoms with van der Waals surface area (Å²) in [5, 5.41) is 0. The van der Waals surface area contributed by atoms with E-state index in [0.29, 0.717) is 6.54 Å². The van der Waals surface area contributed by atoms with E-state index in [1.807, 2.05) is 0 Å². The number of primary amides is 1. The van der Waals surface area contributed by atoms with Gasteiger partial charge in [0, 0.05) is 0 Å². The van der Waals surface area contributed by atoms with E-state index in [4.69, 9.17) is 10.2 Å². The second-order valence-electron chi connectivity index (χ2n) is 4.88. The van der Waals surface area contributed by atoms with Crippen molar-refractivity contribution in [3.8, 4) is 0 Å². The molecule has 0 aromatic carbocycles. The molecular weight excluding hydrogens is 248 g/mol. The lowest BCUT2D eigenvalue weighted by atomic mass is 9.97. The molecule has 3 N–H and O–H groups in total. The van der Waals surface area contributed by atoms with Gasteiger partial charge in [-0.25, -0.2) is 4.79 Å². The number of ether oxygens (including phenoxy) is 1. The van der Waals surface area contributed by atoms with Gasteiger partial charge in [0.25, 0.3) is 0 Å². The van der Waals surface area contributed by atoms with Crippen LogP contribution in [-0.2, 0) is 16.1 Å². The van der Waals surface area contributed by atoms with Crippen molar-refractivity contribution < 1.29 is 23.6 Å². The average molecular weight is 267 g/mol. The number of piperidine rings is 1. The minimum Gasteiger partial charge on any atom is -0.463 e. The van der Waals surface area contributed by atoms with Crippen molar-refractivity contribution in [2.75, 3.05) is 20.2 Å². The first-order chi connectivity index (χ1) is 9.10. The van der Waals surface area contributed by atoms with Crippen LogP contribution in [0.3, 0.4) is 0 Å². The summed E-state index contributed by atoms with van der Waals surface area (Å²) >= 11 is 0. The summed E-state index contributed by atoms with van der Waals surface area (Å²) in [7, 11) is 1.32. The van der Waals surface area contributed by atoms with Crippen molar-refractivity contribution in [2.45, 2.75) is 19.4 Å². The van der Waals surface area contributed by atoms with Gasteiger partial charge in [-0.05, 0) is 25.0 Å². The number of methoxy groups -OCH3 is 1. The third kappa shape index (κ3) is 3.35. The van der Waals surface area contributed by atoms with Gasteiger partial charge >= 0.3 is 5.97 Å². The minimum absolute atomic E-state index is 0.0567. The molecule has 1 aliphatic heterocycles. The smallest absolute Gasteiger partial charge is 0.373 e. The molecule has 2 rings (SSSR count). The van der Waals surface area contributed by atoms with Gasteiger partial charge in [0.2, 0.25) is 11.7 Å². The molecule has 6 nitrogen and oxygen atoms in total. The van der Waals surface area contributed by atoms with Crippen LogP contribution in [0.4, 0.5) is 0 Å². The lowest BCUT2D eigenvalue weighted by molar-refractivity contribution is -0.922. The van der Waals surface area contributed by atoms with E-state index < -0.39 is 5.97 Å². The number of quaternary nitrogens is 1. The fourth-order valence-electron chi connectivity index (χ4n) is 2.48. The van der Waals surface area contributed by atoms with Gasteiger partial charge in [-0.15, -0.1) is 0 Å². The molecule has 1 amide bonds. The molecule has 2 heterocycles. The Morgan fingerprint density at radius 3 is 3.00 bits per heavy atom. The predicted octanol–water partition coefficient (Wildman–Crippen LogP) is -0.654. The Bertz CT molecular complexity index is 469. The topological polar surface area (TPSA) is 87.0 Å². The van der Waals surface area contributed by atoms with Gasteiger partial charge in [0.05, 0.1) is 26.1 Å². The van der Waals surface area contributed by atoms with Crippen LogP contribution in [0.25, 0.3) is 0 Å². The van der Waals surface area contributed by atoms with Crippen molar-refractivity contribution >= 4 is 11.9 Å². The van der Waals surface area contributed by atoms with Crippen molar-refractivity contribution in [1.29, 1.82) is 0 Å². The van der Waals surface area contributed by atoms with E-state index in [1.165, 1.54) is 12.0 Å². The molecule has 1 aromatic rings. The number of nitrogens with one attached hydrogen (secondary N) is 1. The first-order valence-corrected chi connectivity index (χ1v) is 6.40. The molecule has 0 saturated carbocycles. The largest absolute Gasteiger partial charge is 0.463 e. The number of amides is 1. The summed E-state index contributed by atoms with van der Waals surface area (Å²) < 4.78 is 10.0. The van der Waals surface area contributed by atoms with Crippen molar-refractivity contribution in [3.05, 3.63) is 23.7 Å². The van der Waals surface area contributed by atoms with Crippen molar-refractivity contribution in [3.63, 3.8) is 0 Å². The third-order valence-electron chi connectivity index (χ3n) is 3.49. The summed E-state index contributed by atoms with van der Waals surface area (Å²) in [5.74, 6) is 0.168. The Labute approximate surface area is 111 Å². The number of likely N-dealkylation sites (tertiary alicyclic amines) is 1. The Morgan fingerprint density at radius 1 is 1.53 bits per heavy atom. The van der Waals surface area contributed by atoms with Gasteiger partial charge < -0.3 is 19.8 Å². The lowest BCUT2D eigenvalue weighted by Crippen LogP contribution is -3.12. The molecule has 1 aromatic heterocycles. The molecular formula is C13H19N2O4+. The zero-order valence-corrected chi connectivity index (χ0v) is 11.0. The van der Waals surface area contributed by atoms with Gasteiger partial charge in [-0.2, -0.15) is 0 Å². The number of nitrogens with two attached hydrogens (primary N) is 1. The molecule has 1 fully saturated rings. The highest BCUT2D eigenvalue weighted by Crippen LogP contribution is 2.10. The summed E-state index contributed by atoms with van der Waals surface area (Å²) in [5.41, 5.74) is 5.35. The monoisotopic (exact) mass is 267 g/mol. The summed E-state index contributed by atoms with van der Waals surface area (Å²) in [4.78, 5) is 23.7. The van der Waals surface area contributed by atoms with Crippen molar-refractivity contribution in [1.82, 2.24) is 0 Å². The Balaban J connectivity index is 1.95. The highest BCUT2D eigenvalue weighted by atomic mass is 16.5. The third-order valence-corrected chi connectivity index (χ3v) is 3.49. The Morgan fingerprint density at radius 2 is 2.32 bits per heavy atom. The number of hydrogen-bond acceptors (Lipinski definition) is 4. The van der Waals surface area contributed by atoms with Crippen LogP contribution < -0.4 is 10.6 Å². The van der Waals surface area contributed by atoms with E-state index in [9.17, 15) is 9.59 Å². The number of rotatable bonds is 4. The molecule has 0 radical (unpaired) electrons. The predicted molar refractivity (Wildman–Crippen MR) is 66.4 cm³/mol. The number of hydrogen-bond donors (Lipinski definition) is 2. The fourth-order valence-corrected chi connectivity index (χ4v) is 2.48.